The van der Waals surface area contributed by atoms with Gasteiger partial charge in [0.25, 0.3) is 0 Å². The van der Waals surface area contributed by atoms with E-state index in [-0.39, 0.29) is 0 Å². The standard InChI is InChI=1S/C10H12N2/c1-3-9-7-12-5-4-10(9)6-8(2)11/h3-7H,1,11H2,2H3/b8-6+. The van der Waals surface area contributed by atoms with Crippen molar-refractivity contribution in [3.8, 4) is 0 Å². The monoisotopic (exact) mass is 160 g/mol. The molecule has 0 aromatic carbocycles. The Morgan fingerprint density at radius 1 is 1.58 bits per heavy atom. The highest BCUT2D eigenvalue weighted by Gasteiger charge is 1.93. The van der Waals surface area contributed by atoms with Gasteiger partial charge in [0.2, 0.25) is 0 Å². The van der Waals surface area contributed by atoms with E-state index in [4.69, 9.17) is 5.73 Å². The van der Waals surface area contributed by atoms with Crippen LogP contribution < -0.4 is 5.73 Å². The average Bonchev–Trinajstić information content (AvgIpc) is 2.04. The molecule has 1 rings (SSSR count). The molecule has 1 heterocycles. The Kier molecular flexibility index (Phi) is 2.64. The predicted octanol–water partition coefficient (Wildman–Crippen LogP) is 2.04. The molecule has 2 nitrogen and oxygen atoms in total. The average molecular weight is 160 g/mol. The minimum absolute atomic E-state index is 0.782. The molecule has 1 aromatic rings. The molecule has 2 heteroatoms. The maximum absolute atomic E-state index is 5.55. The highest BCUT2D eigenvalue weighted by Crippen LogP contribution is 2.10. The fraction of sp³-hybridized carbons (Fsp3) is 0.100. The molecule has 0 atom stereocenters. The van der Waals surface area contributed by atoms with Gasteiger partial charge >= 0.3 is 0 Å². The first-order chi connectivity index (χ1) is 5.74. The molecule has 2 N–H and O–H groups in total. The summed E-state index contributed by atoms with van der Waals surface area (Å²) in [4.78, 5) is 3.98. The van der Waals surface area contributed by atoms with Gasteiger partial charge in [0.1, 0.15) is 0 Å². The van der Waals surface area contributed by atoms with Gasteiger partial charge in [0.15, 0.2) is 0 Å². The number of aromatic nitrogens is 1. The minimum Gasteiger partial charge on any atom is -0.402 e. The van der Waals surface area contributed by atoms with Crippen LogP contribution in [0.2, 0.25) is 0 Å². The summed E-state index contributed by atoms with van der Waals surface area (Å²) >= 11 is 0. The third kappa shape index (κ3) is 1.95. The quantitative estimate of drug-likeness (QED) is 0.719. The molecule has 0 amide bonds. The second-order valence-corrected chi connectivity index (χ2v) is 2.60. The summed E-state index contributed by atoms with van der Waals surface area (Å²) in [6.45, 7) is 5.54. The Balaban J connectivity index is 3.14. The van der Waals surface area contributed by atoms with E-state index in [1.54, 1.807) is 18.5 Å². The van der Waals surface area contributed by atoms with Crippen molar-refractivity contribution >= 4 is 12.2 Å². The number of hydrogen-bond acceptors (Lipinski definition) is 2. The van der Waals surface area contributed by atoms with Gasteiger partial charge in [-0.05, 0) is 30.2 Å². The van der Waals surface area contributed by atoms with Gasteiger partial charge in [0.05, 0.1) is 0 Å². The molecule has 12 heavy (non-hydrogen) atoms. The van der Waals surface area contributed by atoms with Crippen LogP contribution in [0.5, 0.6) is 0 Å². The SMILES string of the molecule is C=Cc1cnccc1/C=C(\C)N. The van der Waals surface area contributed by atoms with Crippen molar-refractivity contribution < 1.29 is 0 Å². The number of nitrogens with two attached hydrogens (primary N) is 1. The van der Waals surface area contributed by atoms with Crippen molar-refractivity contribution in [1.29, 1.82) is 0 Å². The zero-order chi connectivity index (χ0) is 8.97. The number of allylic oxidation sites excluding steroid dienone is 1. The zero-order valence-corrected chi connectivity index (χ0v) is 7.12. The molecule has 0 radical (unpaired) electrons. The number of pyridine rings is 1. The first-order valence-electron chi connectivity index (χ1n) is 3.74. The van der Waals surface area contributed by atoms with E-state index in [0.717, 1.165) is 16.8 Å². The molecule has 0 saturated carbocycles. The zero-order valence-electron chi connectivity index (χ0n) is 7.12. The third-order valence-electron chi connectivity index (χ3n) is 1.49. The molecule has 0 saturated heterocycles. The lowest BCUT2D eigenvalue weighted by molar-refractivity contribution is 1.29. The van der Waals surface area contributed by atoms with Crippen LogP contribution in [0.3, 0.4) is 0 Å². The van der Waals surface area contributed by atoms with Gasteiger partial charge in [-0.25, -0.2) is 0 Å². The highest BCUT2D eigenvalue weighted by molar-refractivity contribution is 5.64. The van der Waals surface area contributed by atoms with Crippen LogP contribution in [-0.2, 0) is 0 Å². The van der Waals surface area contributed by atoms with Crippen LogP contribution in [0.1, 0.15) is 18.1 Å². The van der Waals surface area contributed by atoms with E-state index in [9.17, 15) is 0 Å². The van der Waals surface area contributed by atoms with Crippen molar-refractivity contribution in [1.82, 2.24) is 4.98 Å². The summed E-state index contributed by atoms with van der Waals surface area (Å²) in [6, 6.07) is 1.91. The lowest BCUT2D eigenvalue weighted by atomic mass is 10.1. The molecule has 0 aliphatic heterocycles. The van der Waals surface area contributed by atoms with Crippen molar-refractivity contribution in [2.75, 3.05) is 0 Å². The van der Waals surface area contributed by atoms with E-state index < -0.39 is 0 Å². The topological polar surface area (TPSA) is 38.9 Å². The summed E-state index contributed by atoms with van der Waals surface area (Å²) in [5.41, 5.74) is 8.39. The lowest BCUT2D eigenvalue weighted by Crippen LogP contribution is -1.91. The molecular weight excluding hydrogens is 148 g/mol. The maximum atomic E-state index is 5.55. The number of nitrogens with zero attached hydrogens (tertiary/aromatic N) is 1. The summed E-state index contributed by atoms with van der Waals surface area (Å²) in [6.07, 6.45) is 7.17. The van der Waals surface area contributed by atoms with Gasteiger partial charge in [-0.1, -0.05) is 12.7 Å². The minimum atomic E-state index is 0.782. The van der Waals surface area contributed by atoms with E-state index in [2.05, 4.69) is 11.6 Å². The normalized spacial score (nSPS) is 11.2. The van der Waals surface area contributed by atoms with Crippen molar-refractivity contribution in [2.24, 2.45) is 5.73 Å². The Labute approximate surface area is 72.4 Å². The molecular formula is C10H12N2. The molecule has 0 spiro atoms. The lowest BCUT2D eigenvalue weighted by Gasteiger charge is -1.99. The summed E-state index contributed by atoms with van der Waals surface area (Å²) < 4.78 is 0. The molecule has 0 fully saturated rings. The molecule has 0 bridgehead atoms. The van der Waals surface area contributed by atoms with Crippen molar-refractivity contribution in [3.05, 3.63) is 41.9 Å². The summed E-state index contributed by atoms with van der Waals surface area (Å²) in [7, 11) is 0. The van der Waals surface area contributed by atoms with Crippen LogP contribution in [0, 0.1) is 0 Å². The van der Waals surface area contributed by atoms with Gasteiger partial charge in [-0.15, -0.1) is 0 Å². The fourth-order valence-electron chi connectivity index (χ4n) is 0.965. The van der Waals surface area contributed by atoms with Crippen LogP contribution in [-0.4, -0.2) is 4.98 Å². The second-order valence-electron chi connectivity index (χ2n) is 2.60. The van der Waals surface area contributed by atoms with Crippen LogP contribution in [0.15, 0.2) is 30.7 Å². The van der Waals surface area contributed by atoms with Crippen LogP contribution >= 0.6 is 0 Å². The number of rotatable bonds is 2. The maximum Gasteiger partial charge on any atom is 0.0346 e. The van der Waals surface area contributed by atoms with Gasteiger partial charge < -0.3 is 5.73 Å². The molecule has 0 aliphatic carbocycles. The first-order valence-corrected chi connectivity index (χ1v) is 3.74. The van der Waals surface area contributed by atoms with Gasteiger partial charge in [0, 0.05) is 18.1 Å². The third-order valence-corrected chi connectivity index (χ3v) is 1.49. The van der Waals surface area contributed by atoms with E-state index in [1.807, 2.05) is 19.1 Å². The Morgan fingerprint density at radius 2 is 2.33 bits per heavy atom. The fourth-order valence-corrected chi connectivity index (χ4v) is 0.965. The van der Waals surface area contributed by atoms with Crippen molar-refractivity contribution in [2.45, 2.75) is 6.92 Å². The molecule has 1 aromatic heterocycles. The van der Waals surface area contributed by atoms with E-state index >= 15 is 0 Å². The first kappa shape index (κ1) is 8.53. The van der Waals surface area contributed by atoms with Gasteiger partial charge in [-0.2, -0.15) is 0 Å². The molecule has 0 unspecified atom stereocenters. The number of hydrogen-bond donors (Lipinski definition) is 1. The van der Waals surface area contributed by atoms with E-state index in [1.165, 1.54) is 0 Å². The molecule has 0 aliphatic rings. The van der Waals surface area contributed by atoms with Gasteiger partial charge in [-0.3, -0.25) is 4.98 Å². The van der Waals surface area contributed by atoms with Crippen LogP contribution in [0.4, 0.5) is 0 Å². The van der Waals surface area contributed by atoms with Crippen molar-refractivity contribution in [3.63, 3.8) is 0 Å². The summed E-state index contributed by atoms with van der Waals surface area (Å²) in [5, 5.41) is 0. The smallest absolute Gasteiger partial charge is 0.0346 e. The predicted molar refractivity (Wildman–Crippen MR) is 52.2 cm³/mol. The Bertz CT molecular complexity index is 309. The largest absolute Gasteiger partial charge is 0.402 e. The Morgan fingerprint density at radius 3 is 2.92 bits per heavy atom. The Hall–Kier alpha value is -1.57. The van der Waals surface area contributed by atoms with E-state index in [0.29, 0.717) is 0 Å². The van der Waals surface area contributed by atoms with Crippen LogP contribution in [0.25, 0.3) is 12.2 Å². The summed E-state index contributed by atoms with van der Waals surface area (Å²) in [5.74, 6) is 0. The second kappa shape index (κ2) is 3.72. The molecule has 62 valence electrons. The highest BCUT2D eigenvalue weighted by atomic mass is 14.6.